The summed E-state index contributed by atoms with van der Waals surface area (Å²) in [5.41, 5.74) is 0. The van der Waals surface area contributed by atoms with Crippen molar-refractivity contribution in [2.75, 3.05) is 0 Å². The van der Waals surface area contributed by atoms with Gasteiger partial charge in [0.25, 0.3) is 0 Å². The third-order valence-corrected chi connectivity index (χ3v) is 7.15. The van der Waals surface area contributed by atoms with E-state index in [1.165, 1.54) is 12.1 Å². The van der Waals surface area contributed by atoms with Crippen molar-refractivity contribution in [3.05, 3.63) is 53.7 Å². The van der Waals surface area contributed by atoms with Crippen LogP contribution in [-0.2, 0) is 10.0 Å². The highest BCUT2D eigenvalue weighted by Crippen LogP contribution is 2.33. The molecule has 1 saturated carbocycles. The molecular weight excluding hydrogens is 364 g/mol. The van der Waals surface area contributed by atoms with Crippen molar-refractivity contribution >= 4 is 33.4 Å². The highest BCUT2D eigenvalue weighted by Gasteiger charge is 2.30. The number of benzene rings is 1. The molecule has 1 aromatic carbocycles. The van der Waals surface area contributed by atoms with Crippen LogP contribution in [0, 0.1) is 0 Å². The Kier molecular flexibility index (Phi) is 5.81. The highest BCUT2D eigenvalue weighted by molar-refractivity contribution is 8.00. The fourth-order valence-corrected chi connectivity index (χ4v) is 5.59. The van der Waals surface area contributed by atoms with Crippen LogP contribution in [-0.4, -0.2) is 24.7 Å². The predicted molar refractivity (Wildman–Crippen MR) is 97.9 cm³/mol. The van der Waals surface area contributed by atoms with Gasteiger partial charge in [0, 0.05) is 22.5 Å². The van der Waals surface area contributed by atoms with Crippen molar-refractivity contribution in [2.24, 2.45) is 0 Å². The Morgan fingerprint density at radius 1 is 1.08 bits per heavy atom. The Balaban J connectivity index is 1.74. The van der Waals surface area contributed by atoms with Crippen molar-refractivity contribution in [1.82, 2.24) is 9.71 Å². The van der Waals surface area contributed by atoms with Crippen molar-refractivity contribution in [1.29, 1.82) is 0 Å². The standard InChI is InChI=1S/C17H19ClN2O2S2/c18-13-8-10-14(11-9-13)24(21,22)20-15-5-1-2-6-16(15)23-17-7-3-4-12-19-17/h3-4,7-12,15-16,20H,1-2,5-6H2/t15-,16-/m1/s1. The van der Waals surface area contributed by atoms with Gasteiger partial charge in [0.05, 0.1) is 9.92 Å². The second kappa shape index (κ2) is 7.87. The van der Waals surface area contributed by atoms with Gasteiger partial charge in [-0.3, -0.25) is 0 Å². The summed E-state index contributed by atoms with van der Waals surface area (Å²) in [5, 5.41) is 1.64. The van der Waals surface area contributed by atoms with Crippen molar-refractivity contribution in [3.63, 3.8) is 0 Å². The van der Waals surface area contributed by atoms with Crippen LogP contribution in [0.1, 0.15) is 25.7 Å². The summed E-state index contributed by atoms with van der Waals surface area (Å²) in [6.07, 6.45) is 5.74. The number of sulfonamides is 1. The number of halogens is 1. The third-order valence-electron chi connectivity index (χ3n) is 4.04. The lowest BCUT2D eigenvalue weighted by molar-refractivity contribution is 0.422. The number of nitrogens with one attached hydrogen (secondary N) is 1. The van der Waals surface area contributed by atoms with E-state index in [1.54, 1.807) is 30.1 Å². The summed E-state index contributed by atoms with van der Waals surface area (Å²) in [6.45, 7) is 0. The van der Waals surface area contributed by atoms with E-state index in [0.29, 0.717) is 5.02 Å². The van der Waals surface area contributed by atoms with Gasteiger partial charge in [0.2, 0.25) is 10.0 Å². The molecule has 1 aliphatic rings. The van der Waals surface area contributed by atoms with E-state index in [1.807, 2.05) is 18.2 Å². The molecule has 4 nitrogen and oxygen atoms in total. The molecule has 3 rings (SSSR count). The zero-order valence-electron chi connectivity index (χ0n) is 13.1. The van der Waals surface area contributed by atoms with Crippen LogP contribution in [0.4, 0.5) is 0 Å². The largest absolute Gasteiger partial charge is 0.250 e. The van der Waals surface area contributed by atoms with E-state index in [4.69, 9.17) is 11.6 Å². The first-order chi connectivity index (χ1) is 11.5. The summed E-state index contributed by atoms with van der Waals surface area (Å²) in [7, 11) is -3.54. The Labute approximate surface area is 152 Å². The van der Waals surface area contributed by atoms with Crippen LogP contribution in [0.2, 0.25) is 5.02 Å². The molecule has 24 heavy (non-hydrogen) atoms. The molecule has 7 heteroatoms. The summed E-state index contributed by atoms with van der Waals surface area (Å²) < 4.78 is 28.1. The van der Waals surface area contributed by atoms with E-state index in [9.17, 15) is 8.42 Å². The second-order valence-corrected chi connectivity index (χ2v) is 9.20. The molecule has 1 heterocycles. The minimum absolute atomic E-state index is 0.0913. The van der Waals surface area contributed by atoms with Crippen LogP contribution < -0.4 is 4.72 Å². The molecule has 1 fully saturated rings. The van der Waals surface area contributed by atoms with Crippen LogP contribution in [0.25, 0.3) is 0 Å². The number of nitrogens with zero attached hydrogens (tertiary/aromatic N) is 1. The molecule has 1 aliphatic carbocycles. The lowest BCUT2D eigenvalue weighted by atomic mass is 9.96. The van der Waals surface area contributed by atoms with Crippen LogP contribution in [0.3, 0.4) is 0 Å². The monoisotopic (exact) mass is 382 g/mol. The summed E-state index contributed by atoms with van der Waals surface area (Å²) >= 11 is 7.49. The fourth-order valence-electron chi connectivity index (χ4n) is 2.83. The van der Waals surface area contributed by atoms with Crippen molar-refractivity contribution in [2.45, 2.75) is 46.9 Å². The number of hydrogen-bond donors (Lipinski definition) is 1. The van der Waals surface area contributed by atoms with Gasteiger partial charge in [-0.1, -0.05) is 30.5 Å². The van der Waals surface area contributed by atoms with Gasteiger partial charge in [-0.2, -0.15) is 0 Å². The van der Waals surface area contributed by atoms with E-state index >= 15 is 0 Å². The Bertz CT molecular complexity index is 767. The van der Waals surface area contributed by atoms with Gasteiger partial charge in [0.15, 0.2) is 0 Å². The number of thioether (sulfide) groups is 1. The molecule has 0 spiro atoms. The Morgan fingerprint density at radius 3 is 2.54 bits per heavy atom. The Hall–Kier alpha value is -1.08. The van der Waals surface area contributed by atoms with E-state index in [-0.39, 0.29) is 16.2 Å². The molecule has 0 bridgehead atoms. The quantitative estimate of drug-likeness (QED) is 0.845. The molecule has 0 saturated heterocycles. The molecule has 2 aromatic rings. The molecule has 1 aromatic heterocycles. The highest BCUT2D eigenvalue weighted by atomic mass is 35.5. The first-order valence-electron chi connectivity index (χ1n) is 7.90. The lowest BCUT2D eigenvalue weighted by Crippen LogP contribution is -2.43. The molecule has 128 valence electrons. The van der Waals surface area contributed by atoms with Gasteiger partial charge >= 0.3 is 0 Å². The number of hydrogen-bond acceptors (Lipinski definition) is 4. The van der Waals surface area contributed by atoms with Gasteiger partial charge in [-0.05, 0) is 49.2 Å². The predicted octanol–water partition coefficient (Wildman–Crippen LogP) is 4.12. The molecule has 2 atom stereocenters. The maximum absolute atomic E-state index is 12.6. The molecule has 0 radical (unpaired) electrons. The van der Waals surface area contributed by atoms with E-state index in [0.717, 1.165) is 30.7 Å². The van der Waals surface area contributed by atoms with Crippen molar-refractivity contribution in [3.8, 4) is 0 Å². The maximum Gasteiger partial charge on any atom is 0.240 e. The minimum Gasteiger partial charge on any atom is -0.250 e. The zero-order chi connectivity index (χ0) is 17.0. The van der Waals surface area contributed by atoms with E-state index < -0.39 is 10.0 Å². The molecule has 0 amide bonds. The van der Waals surface area contributed by atoms with Crippen LogP contribution in [0.15, 0.2) is 58.6 Å². The SMILES string of the molecule is O=S(=O)(N[C@@H]1CCCC[C@H]1Sc1ccccn1)c1ccc(Cl)cc1. The van der Waals surface area contributed by atoms with Crippen LogP contribution >= 0.6 is 23.4 Å². The minimum atomic E-state index is -3.54. The molecular formula is C17H19ClN2O2S2. The second-order valence-electron chi connectivity index (χ2n) is 5.79. The van der Waals surface area contributed by atoms with E-state index in [2.05, 4.69) is 9.71 Å². The summed E-state index contributed by atoms with van der Waals surface area (Å²) in [4.78, 5) is 4.59. The smallest absolute Gasteiger partial charge is 0.240 e. The van der Waals surface area contributed by atoms with Crippen molar-refractivity contribution < 1.29 is 8.42 Å². The average Bonchev–Trinajstić information content (AvgIpc) is 2.58. The topological polar surface area (TPSA) is 59.1 Å². The number of aromatic nitrogens is 1. The average molecular weight is 383 g/mol. The van der Waals surface area contributed by atoms with Gasteiger partial charge in [-0.25, -0.2) is 18.1 Å². The maximum atomic E-state index is 12.6. The first kappa shape index (κ1) is 17.7. The zero-order valence-corrected chi connectivity index (χ0v) is 15.4. The molecule has 0 unspecified atom stereocenters. The first-order valence-corrected chi connectivity index (χ1v) is 10.6. The number of pyridine rings is 1. The Morgan fingerprint density at radius 2 is 1.83 bits per heavy atom. The van der Waals surface area contributed by atoms with Gasteiger partial charge in [-0.15, -0.1) is 11.8 Å². The summed E-state index contributed by atoms with van der Waals surface area (Å²) in [6, 6.07) is 12.0. The third kappa shape index (κ3) is 4.51. The normalized spacial score (nSPS) is 21.5. The van der Waals surface area contributed by atoms with Gasteiger partial charge < -0.3 is 0 Å². The fraction of sp³-hybridized carbons (Fsp3) is 0.353. The van der Waals surface area contributed by atoms with Crippen LogP contribution in [0.5, 0.6) is 0 Å². The number of rotatable bonds is 5. The van der Waals surface area contributed by atoms with Gasteiger partial charge in [0.1, 0.15) is 0 Å². The molecule has 1 N–H and O–H groups in total. The summed E-state index contributed by atoms with van der Waals surface area (Å²) in [5.74, 6) is 0. The molecule has 0 aliphatic heterocycles. The lowest BCUT2D eigenvalue weighted by Gasteiger charge is -2.31.